The van der Waals surface area contributed by atoms with E-state index in [1.54, 1.807) is 36.4 Å². The molecule has 3 rings (SSSR count). The van der Waals surface area contributed by atoms with Gasteiger partial charge in [0.1, 0.15) is 11.2 Å². The molecule has 2 N–H and O–H groups in total. The normalized spacial score (nSPS) is 14.4. The molecule has 1 saturated carbocycles. The SMILES string of the molecule is CC(=O)c1cccc(NC(=O)C2(C(=O)NCc3ccc(F)cc3)CC2)c1. The molecule has 0 atom stereocenters. The topological polar surface area (TPSA) is 75.3 Å². The second kappa shape index (κ2) is 7.07. The highest BCUT2D eigenvalue weighted by molar-refractivity contribution is 6.13. The average molecular weight is 354 g/mol. The van der Waals surface area contributed by atoms with E-state index in [4.69, 9.17) is 0 Å². The molecular weight excluding hydrogens is 335 g/mol. The Morgan fingerprint density at radius 2 is 1.73 bits per heavy atom. The van der Waals surface area contributed by atoms with Gasteiger partial charge in [0.05, 0.1) is 0 Å². The van der Waals surface area contributed by atoms with Gasteiger partial charge in [-0.05, 0) is 49.6 Å². The molecule has 0 aromatic heterocycles. The Morgan fingerprint density at radius 1 is 1.04 bits per heavy atom. The number of benzene rings is 2. The van der Waals surface area contributed by atoms with Gasteiger partial charge in [-0.15, -0.1) is 0 Å². The van der Waals surface area contributed by atoms with Crippen molar-refractivity contribution in [3.05, 3.63) is 65.5 Å². The first-order valence-electron chi connectivity index (χ1n) is 8.36. The number of amides is 2. The van der Waals surface area contributed by atoms with Gasteiger partial charge < -0.3 is 10.6 Å². The minimum absolute atomic E-state index is 0.0979. The lowest BCUT2D eigenvalue weighted by atomic mass is 10.0. The highest BCUT2D eigenvalue weighted by atomic mass is 19.1. The molecular formula is C20H19FN2O3. The number of carbonyl (C=O) groups is 3. The van der Waals surface area contributed by atoms with Crippen LogP contribution in [0.25, 0.3) is 0 Å². The molecule has 0 radical (unpaired) electrons. The molecule has 0 unspecified atom stereocenters. The van der Waals surface area contributed by atoms with Crippen LogP contribution in [-0.4, -0.2) is 17.6 Å². The van der Waals surface area contributed by atoms with Crippen LogP contribution in [0.15, 0.2) is 48.5 Å². The summed E-state index contributed by atoms with van der Waals surface area (Å²) in [5.74, 6) is -1.16. The molecule has 1 fully saturated rings. The van der Waals surface area contributed by atoms with Crippen molar-refractivity contribution in [2.75, 3.05) is 5.32 Å². The molecule has 134 valence electrons. The molecule has 5 nitrogen and oxygen atoms in total. The van der Waals surface area contributed by atoms with Crippen molar-refractivity contribution < 1.29 is 18.8 Å². The van der Waals surface area contributed by atoms with Gasteiger partial charge in [-0.3, -0.25) is 14.4 Å². The summed E-state index contributed by atoms with van der Waals surface area (Å²) in [7, 11) is 0. The van der Waals surface area contributed by atoms with Crippen molar-refractivity contribution in [2.24, 2.45) is 5.41 Å². The van der Waals surface area contributed by atoms with E-state index in [1.807, 2.05) is 0 Å². The molecule has 6 heteroatoms. The molecule has 1 aliphatic carbocycles. The number of anilines is 1. The zero-order valence-corrected chi connectivity index (χ0v) is 14.3. The van der Waals surface area contributed by atoms with Gasteiger partial charge in [0, 0.05) is 17.8 Å². The van der Waals surface area contributed by atoms with Crippen LogP contribution in [0.4, 0.5) is 10.1 Å². The number of carbonyl (C=O) groups excluding carboxylic acids is 3. The van der Waals surface area contributed by atoms with Gasteiger partial charge >= 0.3 is 0 Å². The van der Waals surface area contributed by atoms with Crippen LogP contribution in [0.5, 0.6) is 0 Å². The van der Waals surface area contributed by atoms with Gasteiger partial charge in [-0.25, -0.2) is 4.39 Å². The fourth-order valence-corrected chi connectivity index (χ4v) is 2.70. The summed E-state index contributed by atoms with van der Waals surface area (Å²) in [4.78, 5) is 36.5. The summed E-state index contributed by atoms with van der Waals surface area (Å²) in [5, 5.41) is 5.47. The molecule has 0 saturated heterocycles. The highest BCUT2D eigenvalue weighted by Crippen LogP contribution is 2.46. The first-order valence-corrected chi connectivity index (χ1v) is 8.36. The van der Waals surface area contributed by atoms with Gasteiger partial charge in [0.25, 0.3) is 0 Å². The summed E-state index contributed by atoms with van der Waals surface area (Å²) < 4.78 is 12.9. The monoisotopic (exact) mass is 354 g/mol. The Labute approximate surface area is 150 Å². The summed E-state index contributed by atoms with van der Waals surface area (Å²) >= 11 is 0. The number of nitrogens with one attached hydrogen (secondary N) is 2. The number of Topliss-reactive ketones (excluding diaryl/α,β-unsaturated/α-hetero) is 1. The predicted octanol–water partition coefficient (Wildman–Crippen LogP) is 3.06. The number of ketones is 1. The summed E-state index contributed by atoms with van der Waals surface area (Å²) in [5.41, 5.74) is 0.658. The van der Waals surface area contributed by atoms with E-state index in [0.29, 0.717) is 24.1 Å². The second-order valence-corrected chi connectivity index (χ2v) is 6.48. The minimum atomic E-state index is -1.08. The van der Waals surface area contributed by atoms with Crippen molar-refractivity contribution in [3.8, 4) is 0 Å². The largest absolute Gasteiger partial charge is 0.351 e. The van der Waals surface area contributed by atoms with Crippen LogP contribution in [-0.2, 0) is 16.1 Å². The van der Waals surface area contributed by atoms with E-state index in [0.717, 1.165) is 5.56 Å². The van der Waals surface area contributed by atoms with Crippen molar-refractivity contribution in [1.29, 1.82) is 0 Å². The quantitative estimate of drug-likeness (QED) is 0.618. The maximum atomic E-state index is 12.9. The third kappa shape index (κ3) is 3.79. The standard InChI is InChI=1S/C20H19FN2O3/c1-13(24)15-3-2-4-17(11-15)23-19(26)20(9-10-20)18(25)22-12-14-5-7-16(21)8-6-14/h2-8,11H,9-10,12H2,1H3,(H,22,25)(H,23,26). The first kappa shape index (κ1) is 17.8. The molecule has 0 aliphatic heterocycles. The van der Waals surface area contributed by atoms with Crippen LogP contribution in [0.1, 0.15) is 35.7 Å². The lowest BCUT2D eigenvalue weighted by Crippen LogP contribution is -2.39. The van der Waals surface area contributed by atoms with E-state index in [-0.39, 0.29) is 30.0 Å². The highest BCUT2D eigenvalue weighted by Gasteiger charge is 2.56. The number of hydrogen-bond acceptors (Lipinski definition) is 3. The smallest absolute Gasteiger partial charge is 0.240 e. The van der Waals surface area contributed by atoms with Gasteiger partial charge in [-0.2, -0.15) is 0 Å². The zero-order valence-electron chi connectivity index (χ0n) is 14.3. The molecule has 2 aromatic carbocycles. The van der Waals surface area contributed by atoms with Gasteiger partial charge in [0.2, 0.25) is 11.8 Å². The predicted molar refractivity (Wildman–Crippen MR) is 95.0 cm³/mol. The Bertz CT molecular complexity index is 858. The molecule has 0 heterocycles. The average Bonchev–Trinajstić information content (AvgIpc) is 3.43. The minimum Gasteiger partial charge on any atom is -0.351 e. The van der Waals surface area contributed by atoms with Crippen molar-refractivity contribution in [1.82, 2.24) is 5.32 Å². The molecule has 0 spiro atoms. The van der Waals surface area contributed by atoms with E-state index in [2.05, 4.69) is 10.6 Å². The lowest BCUT2D eigenvalue weighted by molar-refractivity contribution is -0.134. The molecule has 2 amide bonds. The number of rotatable bonds is 6. The maximum Gasteiger partial charge on any atom is 0.240 e. The Hall–Kier alpha value is -3.02. The lowest BCUT2D eigenvalue weighted by Gasteiger charge is -2.16. The van der Waals surface area contributed by atoms with Crippen LogP contribution < -0.4 is 10.6 Å². The Kier molecular flexibility index (Phi) is 4.84. The molecule has 1 aliphatic rings. The Balaban J connectivity index is 1.63. The first-order chi connectivity index (χ1) is 12.4. The van der Waals surface area contributed by atoms with E-state index < -0.39 is 5.41 Å². The van der Waals surface area contributed by atoms with Crippen LogP contribution >= 0.6 is 0 Å². The summed E-state index contributed by atoms with van der Waals surface area (Å²) in [6.45, 7) is 1.68. The fourth-order valence-electron chi connectivity index (χ4n) is 2.70. The molecule has 2 aromatic rings. The van der Waals surface area contributed by atoms with E-state index in [9.17, 15) is 18.8 Å². The summed E-state index contributed by atoms with van der Waals surface area (Å²) in [6.07, 6.45) is 0.945. The van der Waals surface area contributed by atoms with Gasteiger partial charge in [-0.1, -0.05) is 24.3 Å². The third-order valence-corrected chi connectivity index (χ3v) is 4.51. The van der Waals surface area contributed by atoms with E-state index in [1.165, 1.54) is 19.1 Å². The molecule has 26 heavy (non-hydrogen) atoms. The molecule has 0 bridgehead atoms. The van der Waals surface area contributed by atoms with E-state index >= 15 is 0 Å². The van der Waals surface area contributed by atoms with Crippen molar-refractivity contribution in [2.45, 2.75) is 26.3 Å². The second-order valence-electron chi connectivity index (χ2n) is 6.48. The summed E-state index contributed by atoms with van der Waals surface area (Å²) in [6, 6.07) is 12.4. The van der Waals surface area contributed by atoms with Gasteiger partial charge in [0.15, 0.2) is 5.78 Å². The maximum absolute atomic E-state index is 12.9. The zero-order chi connectivity index (χ0) is 18.7. The van der Waals surface area contributed by atoms with Crippen molar-refractivity contribution in [3.63, 3.8) is 0 Å². The fraction of sp³-hybridized carbons (Fsp3) is 0.250. The number of halogens is 1. The number of hydrogen-bond donors (Lipinski definition) is 2. The van der Waals surface area contributed by atoms with Crippen LogP contribution in [0.3, 0.4) is 0 Å². The Morgan fingerprint density at radius 3 is 2.35 bits per heavy atom. The third-order valence-electron chi connectivity index (χ3n) is 4.51. The van der Waals surface area contributed by atoms with Crippen molar-refractivity contribution >= 4 is 23.3 Å². The van der Waals surface area contributed by atoms with Crippen LogP contribution in [0.2, 0.25) is 0 Å². The van der Waals surface area contributed by atoms with Crippen LogP contribution in [0, 0.1) is 11.2 Å².